The molecule has 166 valence electrons. The number of hydrogen-bond donors (Lipinski definition) is 3. The van der Waals surface area contributed by atoms with E-state index in [1.807, 2.05) is 36.4 Å². The fourth-order valence-electron chi connectivity index (χ4n) is 4.08. The molecular weight excluding hydrogens is 433 g/mol. The van der Waals surface area contributed by atoms with E-state index in [0.29, 0.717) is 0 Å². The highest BCUT2D eigenvalue weighted by molar-refractivity contribution is 6.30. The van der Waals surface area contributed by atoms with Gasteiger partial charge < -0.3 is 20.3 Å². The molecule has 2 atom stereocenters. The Labute approximate surface area is 190 Å². The van der Waals surface area contributed by atoms with Gasteiger partial charge in [-0.25, -0.2) is 9.18 Å². The number of carbonyl (C=O) groups is 1. The summed E-state index contributed by atoms with van der Waals surface area (Å²) in [6.07, 6.45) is -3.30. The SMILES string of the molecule is O=C(NCCC(O)C(O)c1ccc(Cl)cc1F)OCC1c2ccccc2-c2ccccc21. The Balaban J connectivity index is 1.29. The summed E-state index contributed by atoms with van der Waals surface area (Å²) >= 11 is 5.71. The van der Waals surface area contributed by atoms with Crippen LogP contribution in [0.15, 0.2) is 66.7 Å². The number of rotatable bonds is 7. The van der Waals surface area contributed by atoms with Gasteiger partial charge in [-0.3, -0.25) is 0 Å². The van der Waals surface area contributed by atoms with Crippen molar-refractivity contribution in [2.45, 2.75) is 24.5 Å². The molecule has 0 heterocycles. The summed E-state index contributed by atoms with van der Waals surface area (Å²) in [4.78, 5) is 12.2. The van der Waals surface area contributed by atoms with Gasteiger partial charge in [-0.15, -0.1) is 0 Å². The summed E-state index contributed by atoms with van der Waals surface area (Å²) in [6, 6.07) is 19.9. The molecule has 0 spiro atoms. The second kappa shape index (κ2) is 9.69. The van der Waals surface area contributed by atoms with Crippen LogP contribution < -0.4 is 5.32 Å². The van der Waals surface area contributed by atoms with Crippen LogP contribution in [0.5, 0.6) is 0 Å². The number of hydrogen-bond acceptors (Lipinski definition) is 4. The highest BCUT2D eigenvalue weighted by atomic mass is 35.5. The van der Waals surface area contributed by atoms with E-state index in [-0.39, 0.29) is 36.1 Å². The van der Waals surface area contributed by atoms with Crippen LogP contribution in [0.2, 0.25) is 5.02 Å². The molecule has 3 N–H and O–H groups in total. The fourth-order valence-corrected chi connectivity index (χ4v) is 4.24. The second-order valence-electron chi connectivity index (χ2n) is 7.72. The Morgan fingerprint density at radius 1 is 1.03 bits per heavy atom. The molecule has 1 aliphatic carbocycles. The van der Waals surface area contributed by atoms with E-state index in [1.54, 1.807) is 0 Å². The van der Waals surface area contributed by atoms with Crippen LogP contribution in [-0.2, 0) is 4.74 Å². The van der Waals surface area contributed by atoms with Crippen molar-refractivity contribution in [3.05, 3.63) is 94.3 Å². The second-order valence-corrected chi connectivity index (χ2v) is 8.16. The number of carbonyl (C=O) groups excluding carboxylic acids is 1. The molecule has 0 saturated heterocycles. The van der Waals surface area contributed by atoms with E-state index in [4.69, 9.17) is 16.3 Å². The Morgan fingerprint density at radius 3 is 2.28 bits per heavy atom. The zero-order valence-electron chi connectivity index (χ0n) is 17.2. The van der Waals surface area contributed by atoms with Gasteiger partial charge in [-0.1, -0.05) is 66.2 Å². The number of amides is 1. The molecule has 3 aromatic rings. The number of fused-ring (bicyclic) bond motifs is 3. The Hall–Kier alpha value is -2.93. The zero-order chi connectivity index (χ0) is 22.7. The molecule has 0 fully saturated rings. The molecule has 0 bridgehead atoms. The number of ether oxygens (including phenoxy) is 1. The van der Waals surface area contributed by atoms with Gasteiger partial charge >= 0.3 is 6.09 Å². The number of nitrogens with one attached hydrogen (secondary N) is 1. The van der Waals surface area contributed by atoms with E-state index in [2.05, 4.69) is 17.4 Å². The summed E-state index contributed by atoms with van der Waals surface area (Å²) in [5.41, 5.74) is 4.46. The average Bonchev–Trinajstić information content (AvgIpc) is 3.11. The van der Waals surface area contributed by atoms with Gasteiger partial charge in [0.05, 0.1) is 6.10 Å². The van der Waals surface area contributed by atoms with E-state index < -0.39 is 24.1 Å². The van der Waals surface area contributed by atoms with Gasteiger partial charge in [0.2, 0.25) is 0 Å². The highest BCUT2D eigenvalue weighted by Crippen LogP contribution is 2.44. The fraction of sp³-hybridized carbons (Fsp3) is 0.240. The lowest BCUT2D eigenvalue weighted by Crippen LogP contribution is -2.30. The van der Waals surface area contributed by atoms with Crippen molar-refractivity contribution in [3.63, 3.8) is 0 Å². The van der Waals surface area contributed by atoms with Crippen molar-refractivity contribution in [2.75, 3.05) is 13.2 Å². The predicted molar refractivity (Wildman–Crippen MR) is 120 cm³/mol. The molecule has 2 unspecified atom stereocenters. The topological polar surface area (TPSA) is 78.8 Å². The maximum absolute atomic E-state index is 13.9. The minimum atomic E-state index is -1.43. The lowest BCUT2D eigenvalue weighted by molar-refractivity contribution is 0.0116. The smallest absolute Gasteiger partial charge is 0.407 e. The van der Waals surface area contributed by atoms with E-state index in [9.17, 15) is 19.4 Å². The standard InChI is InChI=1S/C25H23ClFNO4/c26-15-9-10-20(22(27)13-15)24(30)23(29)11-12-28-25(31)32-14-21-18-7-3-1-5-16(18)17-6-2-4-8-19(17)21/h1-10,13,21,23-24,29-30H,11-12,14H2,(H,28,31). The predicted octanol–water partition coefficient (Wildman–Crippen LogP) is 4.80. The summed E-state index contributed by atoms with van der Waals surface area (Å²) in [7, 11) is 0. The molecular formula is C25H23ClFNO4. The molecule has 5 nitrogen and oxygen atoms in total. The molecule has 1 amide bonds. The molecule has 0 radical (unpaired) electrons. The third kappa shape index (κ3) is 4.63. The van der Waals surface area contributed by atoms with Crippen LogP contribution >= 0.6 is 11.6 Å². The van der Waals surface area contributed by atoms with Crippen LogP contribution in [0.4, 0.5) is 9.18 Å². The lowest BCUT2D eigenvalue weighted by atomic mass is 9.98. The normalized spacial score (nSPS) is 14.4. The molecule has 0 aliphatic heterocycles. The van der Waals surface area contributed by atoms with Gasteiger partial charge in [0.15, 0.2) is 0 Å². The van der Waals surface area contributed by atoms with Gasteiger partial charge in [-0.05, 0) is 40.8 Å². The van der Waals surface area contributed by atoms with E-state index in [0.717, 1.165) is 28.3 Å². The molecule has 0 aromatic heterocycles. The quantitative estimate of drug-likeness (QED) is 0.478. The van der Waals surface area contributed by atoms with Crippen molar-refractivity contribution in [2.24, 2.45) is 0 Å². The summed E-state index contributed by atoms with van der Waals surface area (Å²) < 4.78 is 19.4. The first kappa shape index (κ1) is 22.3. The summed E-state index contributed by atoms with van der Waals surface area (Å²) in [6.45, 7) is 0.241. The number of halogens is 2. The van der Waals surface area contributed by atoms with Gasteiger partial charge in [0.1, 0.15) is 18.5 Å². The van der Waals surface area contributed by atoms with Crippen LogP contribution in [0.25, 0.3) is 11.1 Å². The minimum Gasteiger partial charge on any atom is -0.449 e. The number of aliphatic hydroxyl groups excluding tert-OH is 2. The van der Waals surface area contributed by atoms with Crippen molar-refractivity contribution in [1.82, 2.24) is 5.32 Å². The maximum atomic E-state index is 13.9. The van der Waals surface area contributed by atoms with Gasteiger partial charge in [0, 0.05) is 23.0 Å². The Kier molecular flexibility index (Phi) is 6.74. The third-order valence-corrected chi connectivity index (χ3v) is 5.93. The zero-order valence-corrected chi connectivity index (χ0v) is 17.9. The molecule has 32 heavy (non-hydrogen) atoms. The van der Waals surface area contributed by atoms with Gasteiger partial charge in [-0.2, -0.15) is 0 Å². The summed E-state index contributed by atoms with van der Waals surface area (Å²) in [5.74, 6) is -0.748. The largest absolute Gasteiger partial charge is 0.449 e. The lowest BCUT2D eigenvalue weighted by Gasteiger charge is -2.19. The molecule has 1 aliphatic rings. The van der Waals surface area contributed by atoms with Crippen molar-refractivity contribution < 1.29 is 24.1 Å². The van der Waals surface area contributed by atoms with Gasteiger partial charge in [0.25, 0.3) is 0 Å². The molecule has 7 heteroatoms. The van der Waals surface area contributed by atoms with Crippen molar-refractivity contribution >= 4 is 17.7 Å². The van der Waals surface area contributed by atoms with Crippen LogP contribution in [0.1, 0.15) is 35.1 Å². The highest BCUT2D eigenvalue weighted by Gasteiger charge is 2.29. The van der Waals surface area contributed by atoms with Crippen molar-refractivity contribution in [1.29, 1.82) is 0 Å². The Bertz CT molecular complexity index is 1080. The first-order valence-corrected chi connectivity index (χ1v) is 10.7. The third-order valence-electron chi connectivity index (χ3n) is 5.70. The Morgan fingerprint density at radius 2 is 1.66 bits per heavy atom. The first-order chi connectivity index (χ1) is 15.5. The molecule has 3 aromatic carbocycles. The molecule has 0 saturated carbocycles. The number of alkyl carbamates (subject to hydrolysis) is 1. The van der Waals surface area contributed by atoms with Crippen LogP contribution in [0, 0.1) is 5.82 Å². The van der Waals surface area contributed by atoms with Crippen LogP contribution in [-0.4, -0.2) is 35.6 Å². The van der Waals surface area contributed by atoms with Crippen molar-refractivity contribution in [3.8, 4) is 11.1 Å². The minimum absolute atomic E-state index is 0.0213. The summed E-state index contributed by atoms with van der Waals surface area (Å²) in [5, 5.41) is 23.1. The van der Waals surface area contributed by atoms with E-state index in [1.165, 1.54) is 12.1 Å². The number of aliphatic hydroxyl groups is 2. The van der Waals surface area contributed by atoms with E-state index >= 15 is 0 Å². The van der Waals surface area contributed by atoms with Crippen LogP contribution in [0.3, 0.4) is 0 Å². The molecule has 4 rings (SSSR count). The first-order valence-electron chi connectivity index (χ1n) is 10.4. The number of benzene rings is 3. The average molecular weight is 456 g/mol. The maximum Gasteiger partial charge on any atom is 0.407 e. The monoisotopic (exact) mass is 455 g/mol.